The number of alkyl halides is 2. The average Bonchev–Trinajstić information content (AvgIpc) is 2.46. The summed E-state index contributed by atoms with van der Waals surface area (Å²) in [5.41, 5.74) is 2.60. The van der Waals surface area contributed by atoms with Gasteiger partial charge >= 0.3 is 0 Å². The van der Waals surface area contributed by atoms with Crippen molar-refractivity contribution >= 4 is 11.9 Å². The second-order valence-electron chi connectivity index (χ2n) is 5.77. The Labute approximate surface area is 130 Å². The van der Waals surface area contributed by atoms with E-state index in [1.807, 2.05) is 11.0 Å². The van der Waals surface area contributed by atoms with E-state index in [2.05, 4.69) is 42.6 Å². The number of rotatable bonds is 5. The Kier molecular flexibility index (Phi) is 6.02. The lowest BCUT2D eigenvalue weighted by Crippen LogP contribution is -2.47. The van der Waals surface area contributed by atoms with Crippen molar-refractivity contribution in [1.82, 2.24) is 9.21 Å². The van der Waals surface area contributed by atoms with Gasteiger partial charge in [0.25, 0.3) is 6.43 Å². The third kappa shape index (κ3) is 4.18. The highest BCUT2D eigenvalue weighted by Crippen LogP contribution is 2.34. The van der Waals surface area contributed by atoms with E-state index >= 15 is 0 Å². The molecule has 1 aromatic carbocycles. The highest BCUT2D eigenvalue weighted by molar-refractivity contribution is 7.96. The van der Waals surface area contributed by atoms with Gasteiger partial charge in [0.1, 0.15) is 0 Å². The van der Waals surface area contributed by atoms with Crippen LogP contribution in [0.4, 0.5) is 8.78 Å². The first-order valence-electron chi connectivity index (χ1n) is 7.43. The fourth-order valence-corrected chi connectivity index (χ4v) is 3.69. The highest BCUT2D eigenvalue weighted by Gasteiger charge is 2.30. The van der Waals surface area contributed by atoms with Crippen LogP contribution in [0, 0.1) is 0 Å². The van der Waals surface area contributed by atoms with Crippen LogP contribution in [0.15, 0.2) is 24.3 Å². The fourth-order valence-electron chi connectivity index (χ4n) is 3.00. The van der Waals surface area contributed by atoms with Gasteiger partial charge in [-0.25, -0.2) is 13.1 Å². The molecule has 21 heavy (non-hydrogen) atoms. The topological polar surface area (TPSA) is 6.48 Å². The summed E-state index contributed by atoms with van der Waals surface area (Å²) < 4.78 is 27.7. The first kappa shape index (κ1) is 16.7. The molecule has 0 saturated carbocycles. The third-order valence-corrected chi connectivity index (χ3v) is 4.93. The Hall–Kier alpha value is -0.650. The van der Waals surface area contributed by atoms with Crippen LogP contribution in [0.25, 0.3) is 0 Å². The molecule has 1 aromatic rings. The summed E-state index contributed by atoms with van der Waals surface area (Å²) in [7, 11) is 0. The van der Waals surface area contributed by atoms with Gasteiger partial charge in [-0.2, -0.15) is 0 Å². The van der Waals surface area contributed by atoms with E-state index in [1.54, 1.807) is 11.9 Å². The van der Waals surface area contributed by atoms with Crippen molar-refractivity contribution in [1.29, 1.82) is 0 Å². The third-order valence-electron chi connectivity index (χ3n) is 4.02. The van der Waals surface area contributed by atoms with Crippen molar-refractivity contribution in [2.45, 2.75) is 32.2 Å². The van der Waals surface area contributed by atoms with Gasteiger partial charge in [-0.15, -0.1) is 0 Å². The summed E-state index contributed by atoms with van der Waals surface area (Å²) in [6.07, 6.45) is -0.194. The predicted molar refractivity (Wildman–Crippen MR) is 85.9 cm³/mol. The second kappa shape index (κ2) is 7.56. The minimum absolute atomic E-state index is 0.122. The van der Waals surface area contributed by atoms with Gasteiger partial charge in [0.2, 0.25) is 0 Å². The first-order valence-corrected chi connectivity index (χ1v) is 8.61. The Morgan fingerprint density at radius 1 is 1.24 bits per heavy atom. The molecular weight excluding hydrogens is 290 g/mol. The quantitative estimate of drug-likeness (QED) is 0.758. The van der Waals surface area contributed by atoms with E-state index in [1.165, 1.54) is 11.1 Å². The summed E-state index contributed by atoms with van der Waals surface area (Å²) in [4.78, 5) is 1.89. The van der Waals surface area contributed by atoms with Gasteiger partial charge < -0.3 is 0 Å². The molecule has 1 aliphatic rings. The molecule has 1 aliphatic heterocycles. The number of hydrogen-bond donors (Lipinski definition) is 0. The van der Waals surface area contributed by atoms with E-state index in [-0.39, 0.29) is 12.6 Å². The molecule has 0 spiro atoms. The first-order chi connectivity index (χ1) is 10.0. The smallest absolute Gasteiger partial charge is 0.251 e. The normalized spacial score (nSPS) is 21.4. The van der Waals surface area contributed by atoms with Crippen LogP contribution >= 0.6 is 11.9 Å². The van der Waals surface area contributed by atoms with Crippen molar-refractivity contribution < 1.29 is 8.78 Å². The number of benzene rings is 1. The van der Waals surface area contributed by atoms with E-state index < -0.39 is 6.43 Å². The molecule has 1 heterocycles. The van der Waals surface area contributed by atoms with Crippen molar-refractivity contribution in [3.8, 4) is 0 Å². The molecule has 2 nitrogen and oxygen atoms in total. The SMILES string of the molecule is CSN1CCN(CC(F)F)CC1c1ccccc1C(C)C. The minimum atomic E-state index is -2.26. The summed E-state index contributed by atoms with van der Waals surface area (Å²) >= 11 is 1.71. The fraction of sp³-hybridized carbons (Fsp3) is 0.625. The van der Waals surface area contributed by atoms with Crippen LogP contribution in [0.1, 0.15) is 36.9 Å². The zero-order valence-corrected chi connectivity index (χ0v) is 13.7. The van der Waals surface area contributed by atoms with Gasteiger partial charge in [0, 0.05) is 19.6 Å². The molecular formula is C16H24F2N2S. The molecule has 2 rings (SSSR count). The molecule has 118 valence electrons. The highest BCUT2D eigenvalue weighted by atomic mass is 32.2. The molecule has 0 amide bonds. The standard InChI is InChI=1S/C16H24F2N2S/c1-12(2)13-6-4-5-7-14(13)15-10-19(11-16(17)18)8-9-20(15)21-3/h4-7,12,15-16H,8-11H2,1-3H3. The van der Waals surface area contributed by atoms with Crippen LogP contribution in [-0.4, -0.2) is 48.1 Å². The summed E-state index contributed by atoms with van der Waals surface area (Å²) in [5.74, 6) is 0.440. The molecule has 0 bridgehead atoms. The predicted octanol–water partition coefficient (Wildman–Crippen LogP) is 4.01. The van der Waals surface area contributed by atoms with Crippen LogP contribution in [0.5, 0.6) is 0 Å². The summed E-state index contributed by atoms with van der Waals surface area (Å²) in [6.45, 7) is 6.46. The van der Waals surface area contributed by atoms with Crippen molar-refractivity contribution in [3.05, 3.63) is 35.4 Å². The lowest BCUT2D eigenvalue weighted by Gasteiger charge is -2.41. The lowest BCUT2D eigenvalue weighted by molar-refractivity contribution is 0.0566. The Balaban J connectivity index is 2.25. The maximum atomic E-state index is 12.7. The van der Waals surface area contributed by atoms with Crippen LogP contribution in [0.2, 0.25) is 0 Å². The van der Waals surface area contributed by atoms with Gasteiger partial charge in [-0.1, -0.05) is 50.1 Å². The lowest BCUT2D eigenvalue weighted by atomic mass is 9.92. The molecule has 0 aliphatic carbocycles. The summed E-state index contributed by atoms with van der Waals surface area (Å²) in [5, 5.41) is 0. The zero-order chi connectivity index (χ0) is 15.4. The molecule has 1 saturated heterocycles. The van der Waals surface area contributed by atoms with Crippen molar-refractivity contribution in [2.75, 3.05) is 32.4 Å². The van der Waals surface area contributed by atoms with E-state index in [0.29, 0.717) is 19.0 Å². The van der Waals surface area contributed by atoms with E-state index in [9.17, 15) is 8.78 Å². The Morgan fingerprint density at radius 2 is 1.95 bits per heavy atom. The Bertz CT molecular complexity index is 454. The van der Waals surface area contributed by atoms with Gasteiger partial charge in [0.15, 0.2) is 0 Å². The van der Waals surface area contributed by atoms with Crippen molar-refractivity contribution in [3.63, 3.8) is 0 Å². The van der Waals surface area contributed by atoms with Crippen LogP contribution in [-0.2, 0) is 0 Å². The molecule has 0 aromatic heterocycles. The van der Waals surface area contributed by atoms with Crippen LogP contribution < -0.4 is 0 Å². The average molecular weight is 314 g/mol. The molecule has 5 heteroatoms. The number of nitrogens with zero attached hydrogens (tertiary/aromatic N) is 2. The van der Waals surface area contributed by atoms with Gasteiger partial charge in [0.05, 0.1) is 12.6 Å². The monoisotopic (exact) mass is 314 g/mol. The summed E-state index contributed by atoms with van der Waals surface area (Å²) in [6, 6.07) is 8.60. The number of hydrogen-bond acceptors (Lipinski definition) is 3. The van der Waals surface area contributed by atoms with Crippen LogP contribution in [0.3, 0.4) is 0 Å². The largest absolute Gasteiger partial charge is 0.294 e. The zero-order valence-electron chi connectivity index (χ0n) is 12.9. The van der Waals surface area contributed by atoms with Crippen molar-refractivity contribution in [2.24, 2.45) is 0 Å². The molecule has 0 N–H and O–H groups in total. The second-order valence-corrected chi connectivity index (χ2v) is 6.61. The molecule has 1 unspecified atom stereocenters. The maximum absolute atomic E-state index is 12.7. The number of halogens is 2. The minimum Gasteiger partial charge on any atom is -0.294 e. The van der Waals surface area contributed by atoms with E-state index in [4.69, 9.17) is 0 Å². The maximum Gasteiger partial charge on any atom is 0.251 e. The molecule has 0 radical (unpaired) electrons. The van der Waals surface area contributed by atoms with Gasteiger partial charge in [-0.3, -0.25) is 4.90 Å². The number of piperazine rings is 1. The van der Waals surface area contributed by atoms with Gasteiger partial charge in [-0.05, 0) is 23.3 Å². The molecule has 1 atom stereocenters. The van der Waals surface area contributed by atoms with E-state index in [0.717, 1.165) is 6.54 Å². The molecule has 1 fully saturated rings. The Morgan fingerprint density at radius 3 is 2.57 bits per heavy atom.